The minimum Gasteiger partial charge on any atom is -0.756 e. The van der Waals surface area contributed by atoms with Crippen LogP contribution in [0, 0.1) is 0 Å². The van der Waals surface area contributed by atoms with E-state index >= 15 is 0 Å². The van der Waals surface area contributed by atoms with E-state index in [-0.39, 0.29) is 12.7 Å². The Hall–Kier alpha value is -0.500. The molecule has 5 unspecified atom stereocenters. The molecule has 0 N–H and O–H groups in total. The summed E-state index contributed by atoms with van der Waals surface area (Å²) >= 11 is 0. The zero-order valence-corrected chi connectivity index (χ0v) is 28.6. The minimum atomic E-state index is -4.53. The second kappa shape index (κ2) is 20.5. The SMILES string of the molecule is CCCCCCCCCCCCCCCCCCOC(C)C(COP(=O)([O-])OC1CC2CCC(C1)[N+]2(C)C)OC(C)=O. The zero-order chi connectivity index (χ0) is 30.8. The topological polar surface area (TPSA) is 94.1 Å². The van der Waals surface area contributed by atoms with Crippen LogP contribution >= 0.6 is 7.82 Å². The number of fused-ring (bicyclic) bond motifs is 2. The summed E-state index contributed by atoms with van der Waals surface area (Å²) in [5.74, 6) is -0.494. The molecule has 2 saturated heterocycles. The Balaban J connectivity index is 1.52. The van der Waals surface area contributed by atoms with Crippen LogP contribution in [0.25, 0.3) is 0 Å². The van der Waals surface area contributed by atoms with Crippen LogP contribution in [0.3, 0.4) is 0 Å². The van der Waals surface area contributed by atoms with Crippen LogP contribution in [0.15, 0.2) is 0 Å². The molecule has 2 aliphatic heterocycles. The van der Waals surface area contributed by atoms with E-state index in [1.54, 1.807) is 6.92 Å². The van der Waals surface area contributed by atoms with Gasteiger partial charge in [-0.05, 0) is 13.3 Å². The zero-order valence-electron chi connectivity index (χ0n) is 27.7. The number of hydrogen-bond acceptors (Lipinski definition) is 7. The van der Waals surface area contributed by atoms with Gasteiger partial charge in [-0.25, -0.2) is 0 Å². The van der Waals surface area contributed by atoms with Crippen LogP contribution in [-0.2, 0) is 27.9 Å². The Bertz CT molecular complexity index is 763. The highest BCUT2D eigenvalue weighted by Gasteiger charge is 2.49. The Morgan fingerprint density at radius 3 is 1.74 bits per heavy atom. The van der Waals surface area contributed by atoms with E-state index in [1.165, 1.54) is 96.8 Å². The summed E-state index contributed by atoms with van der Waals surface area (Å²) in [4.78, 5) is 24.3. The summed E-state index contributed by atoms with van der Waals surface area (Å²) in [6.45, 7) is 5.61. The Morgan fingerprint density at radius 2 is 1.29 bits per heavy atom. The molecule has 0 saturated carbocycles. The van der Waals surface area contributed by atoms with Crippen molar-refractivity contribution in [3.05, 3.63) is 0 Å². The number of piperidine rings is 1. The number of nitrogens with zero attached hydrogens (tertiary/aromatic N) is 1. The third-order valence-electron chi connectivity index (χ3n) is 9.68. The summed E-state index contributed by atoms with van der Waals surface area (Å²) in [6.07, 6.45) is 23.0. The Labute approximate surface area is 257 Å². The lowest BCUT2D eigenvalue weighted by molar-refractivity contribution is -0.931. The van der Waals surface area contributed by atoms with Crippen molar-refractivity contribution in [3.8, 4) is 0 Å². The van der Waals surface area contributed by atoms with Crippen LogP contribution in [0.1, 0.15) is 149 Å². The molecule has 0 aromatic rings. The molecule has 0 spiro atoms. The number of carbonyl (C=O) groups is 1. The molecule has 0 radical (unpaired) electrons. The number of esters is 1. The molecule has 2 rings (SSSR count). The lowest BCUT2D eigenvalue weighted by Gasteiger charge is -2.45. The molecule has 248 valence electrons. The van der Waals surface area contributed by atoms with Gasteiger partial charge in [0.1, 0.15) is 0 Å². The first-order valence-electron chi connectivity index (χ1n) is 17.3. The standard InChI is InChI=1S/C33H64NO7P/c1-6-7-8-9-10-11-12-13-14-15-16-17-18-19-20-21-24-38-28(2)33(40-29(3)35)27-39-42(36,37)41-32-25-30-22-23-31(26-32)34(30,4)5/h28,30-33H,6-27H2,1-5H3. The second-order valence-corrected chi connectivity index (χ2v) is 14.8. The first-order chi connectivity index (χ1) is 20.0. The predicted octanol–water partition coefficient (Wildman–Crippen LogP) is 7.86. The first-order valence-corrected chi connectivity index (χ1v) is 18.8. The van der Waals surface area contributed by atoms with Crippen molar-refractivity contribution in [2.75, 3.05) is 27.3 Å². The maximum absolute atomic E-state index is 12.6. The van der Waals surface area contributed by atoms with Gasteiger partial charge in [0.05, 0.1) is 45.0 Å². The number of unbranched alkanes of at least 4 members (excludes halogenated alkanes) is 15. The van der Waals surface area contributed by atoms with Gasteiger partial charge in [-0.3, -0.25) is 9.36 Å². The summed E-state index contributed by atoms with van der Waals surface area (Å²) in [6, 6.07) is 0.834. The lowest BCUT2D eigenvalue weighted by Crippen LogP contribution is -2.56. The number of quaternary nitrogens is 1. The quantitative estimate of drug-likeness (QED) is 0.0446. The highest BCUT2D eigenvalue weighted by atomic mass is 31.2. The molecule has 2 bridgehead atoms. The molecule has 2 fully saturated rings. The molecule has 2 aliphatic rings. The third-order valence-corrected chi connectivity index (χ3v) is 10.7. The number of hydrogen-bond donors (Lipinski definition) is 0. The van der Waals surface area contributed by atoms with Gasteiger partial charge in [0.25, 0.3) is 7.82 Å². The smallest absolute Gasteiger partial charge is 0.303 e. The highest BCUT2D eigenvalue weighted by molar-refractivity contribution is 7.45. The normalized spacial score (nSPS) is 24.3. The molecule has 5 atom stereocenters. The van der Waals surface area contributed by atoms with E-state index < -0.39 is 26.0 Å². The first kappa shape index (κ1) is 37.7. The van der Waals surface area contributed by atoms with E-state index in [0.29, 0.717) is 31.5 Å². The van der Waals surface area contributed by atoms with Gasteiger partial charge in [0.15, 0.2) is 6.10 Å². The number of phosphoric ester groups is 1. The van der Waals surface area contributed by atoms with Crippen LogP contribution in [0.2, 0.25) is 0 Å². The van der Waals surface area contributed by atoms with E-state index in [2.05, 4.69) is 21.0 Å². The number of rotatable bonds is 25. The van der Waals surface area contributed by atoms with Crippen molar-refractivity contribution < 1.29 is 37.3 Å². The summed E-state index contributed by atoms with van der Waals surface area (Å²) in [5.41, 5.74) is 0. The van der Waals surface area contributed by atoms with Gasteiger partial charge >= 0.3 is 5.97 Å². The third kappa shape index (κ3) is 15.0. The minimum absolute atomic E-state index is 0.304. The molecule has 8 nitrogen and oxygen atoms in total. The van der Waals surface area contributed by atoms with Crippen LogP contribution in [0.5, 0.6) is 0 Å². The van der Waals surface area contributed by atoms with E-state index in [0.717, 1.165) is 30.2 Å². The van der Waals surface area contributed by atoms with Crippen molar-refractivity contribution >= 4 is 13.8 Å². The average molecular weight is 618 g/mol. The Kier molecular flexibility index (Phi) is 18.4. The van der Waals surface area contributed by atoms with Gasteiger partial charge in [-0.2, -0.15) is 0 Å². The Morgan fingerprint density at radius 1 is 0.833 bits per heavy atom. The van der Waals surface area contributed by atoms with Crippen LogP contribution in [-0.4, -0.2) is 68.2 Å². The average Bonchev–Trinajstić information content (AvgIpc) is 3.07. The lowest BCUT2D eigenvalue weighted by atomic mass is 9.98. The van der Waals surface area contributed by atoms with Crippen molar-refractivity contribution in [3.63, 3.8) is 0 Å². The molecular weight excluding hydrogens is 553 g/mol. The van der Waals surface area contributed by atoms with Crippen molar-refractivity contribution in [2.45, 2.75) is 180 Å². The fourth-order valence-electron chi connectivity index (χ4n) is 6.80. The van der Waals surface area contributed by atoms with Crippen molar-refractivity contribution in [1.29, 1.82) is 0 Å². The second-order valence-electron chi connectivity index (χ2n) is 13.5. The number of ether oxygens (including phenoxy) is 2. The molecular formula is C33H64NO7P. The van der Waals surface area contributed by atoms with E-state index in [9.17, 15) is 14.3 Å². The molecule has 42 heavy (non-hydrogen) atoms. The fraction of sp³-hybridized carbons (Fsp3) is 0.970. The summed E-state index contributed by atoms with van der Waals surface area (Å²) in [5, 5.41) is 0. The van der Waals surface area contributed by atoms with Crippen LogP contribution < -0.4 is 4.89 Å². The van der Waals surface area contributed by atoms with Gasteiger partial charge in [-0.15, -0.1) is 0 Å². The molecule has 0 aromatic heterocycles. The van der Waals surface area contributed by atoms with Crippen LogP contribution in [0.4, 0.5) is 0 Å². The van der Waals surface area contributed by atoms with Crippen molar-refractivity contribution in [2.24, 2.45) is 0 Å². The fourth-order valence-corrected chi connectivity index (χ4v) is 7.73. The number of carbonyl (C=O) groups excluding carboxylic acids is 1. The molecule has 9 heteroatoms. The number of phosphoric acid groups is 1. The highest BCUT2D eigenvalue weighted by Crippen LogP contribution is 2.47. The summed E-state index contributed by atoms with van der Waals surface area (Å²) < 4.78 is 35.5. The maximum atomic E-state index is 12.6. The monoisotopic (exact) mass is 617 g/mol. The van der Waals surface area contributed by atoms with Gasteiger partial charge < -0.3 is 27.9 Å². The van der Waals surface area contributed by atoms with Gasteiger partial charge in [0, 0.05) is 39.2 Å². The molecule has 0 amide bonds. The van der Waals surface area contributed by atoms with Gasteiger partial charge in [-0.1, -0.05) is 103 Å². The molecule has 0 aromatic carbocycles. The largest absolute Gasteiger partial charge is 0.756 e. The summed E-state index contributed by atoms with van der Waals surface area (Å²) in [7, 11) is -0.0958. The van der Waals surface area contributed by atoms with E-state index in [4.69, 9.17) is 18.5 Å². The van der Waals surface area contributed by atoms with E-state index in [1.807, 2.05) is 0 Å². The molecule has 2 heterocycles. The molecule has 0 aliphatic carbocycles. The maximum Gasteiger partial charge on any atom is 0.303 e. The van der Waals surface area contributed by atoms with Gasteiger partial charge in [0.2, 0.25) is 0 Å². The van der Waals surface area contributed by atoms with Crippen molar-refractivity contribution in [1.82, 2.24) is 0 Å². The predicted molar refractivity (Wildman–Crippen MR) is 167 cm³/mol.